The highest BCUT2D eigenvalue weighted by atomic mass is 16.1. The Labute approximate surface area is 142 Å². The molecular formula is C20H23N3O. The predicted octanol–water partition coefficient (Wildman–Crippen LogP) is 4.83. The Bertz CT molecular complexity index is 837. The van der Waals surface area contributed by atoms with Crippen LogP contribution in [-0.2, 0) is 4.79 Å². The summed E-state index contributed by atoms with van der Waals surface area (Å²) in [6.07, 6.45) is 5.59. The van der Waals surface area contributed by atoms with Crippen molar-refractivity contribution in [2.24, 2.45) is 0 Å². The minimum absolute atomic E-state index is 0.0453. The number of pyridine rings is 1. The lowest BCUT2D eigenvalue weighted by Gasteiger charge is -2.08. The Hall–Kier alpha value is -2.62. The SMILES string of the molecule is CCCCCC(=O)Nc1c(-c2ccccc2)nc2c(C)cccn12. The van der Waals surface area contributed by atoms with Crippen LogP contribution in [0.4, 0.5) is 5.82 Å². The van der Waals surface area contributed by atoms with E-state index in [2.05, 4.69) is 12.2 Å². The molecule has 0 saturated carbocycles. The number of anilines is 1. The van der Waals surface area contributed by atoms with Gasteiger partial charge in [0.05, 0.1) is 0 Å². The highest BCUT2D eigenvalue weighted by Crippen LogP contribution is 2.29. The predicted molar refractivity (Wildman–Crippen MR) is 98.1 cm³/mol. The summed E-state index contributed by atoms with van der Waals surface area (Å²) < 4.78 is 1.97. The Morgan fingerprint density at radius 3 is 2.67 bits per heavy atom. The molecule has 1 N–H and O–H groups in total. The molecule has 124 valence electrons. The molecule has 0 radical (unpaired) electrons. The van der Waals surface area contributed by atoms with Crippen LogP contribution in [0.2, 0.25) is 0 Å². The van der Waals surface area contributed by atoms with Gasteiger partial charge in [0.1, 0.15) is 17.2 Å². The number of fused-ring (bicyclic) bond motifs is 1. The molecule has 0 fully saturated rings. The Morgan fingerprint density at radius 2 is 1.92 bits per heavy atom. The van der Waals surface area contributed by atoms with Gasteiger partial charge in [-0.05, 0) is 25.0 Å². The summed E-state index contributed by atoms with van der Waals surface area (Å²) in [7, 11) is 0. The number of imidazole rings is 1. The van der Waals surface area contributed by atoms with Crippen LogP contribution in [0.25, 0.3) is 16.9 Å². The van der Waals surface area contributed by atoms with Crippen molar-refractivity contribution in [1.29, 1.82) is 0 Å². The standard InChI is InChI=1S/C20H23N3O/c1-3-4-6-13-17(24)21-20-18(16-11-7-5-8-12-16)22-19-15(2)10-9-14-23(19)20/h5,7-12,14H,3-4,6,13H2,1-2H3,(H,21,24). The van der Waals surface area contributed by atoms with Gasteiger partial charge in [-0.3, -0.25) is 9.20 Å². The van der Waals surface area contributed by atoms with Crippen molar-refractivity contribution in [3.8, 4) is 11.3 Å². The van der Waals surface area contributed by atoms with Gasteiger partial charge in [0.2, 0.25) is 5.91 Å². The molecule has 0 bridgehead atoms. The number of unbranched alkanes of at least 4 members (excludes halogenated alkanes) is 2. The van der Waals surface area contributed by atoms with Gasteiger partial charge in [0.15, 0.2) is 0 Å². The van der Waals surface area contributed by atoms with Crippen molar-refractivity contribution in [1.82, 2.24) is 9.38 Å². The second kappa shape index (κ2) is 7.30. The molecule has 0 saturated heterocycles. The van der Waals surface area contributed by atoms with Crippen molar-refractivity contribution >= 4 is 17.4 Å². The average molecular weight is 321 g/mol. The third-order valence-electron chi connectivity index (χ3n) is 4.16. The van der Waals surface area contributed by atoms with Crippen LogP contribution in [0.3, 0.4) is 0 Å². The van der Waals surface area contributed by atoms with E-state index in [0.29, 0.717) is 6.42 Å². The third-order valence-corrected chi connectivity index (χ3v) is 4.16. The minimum Gasteiger partial charge on any atom is -0.310 e. The number of amides is 1. The topological polar surface area (TPSA) is 46.4 Å². The van der Waals surface area contributed by atoms with Gasteiger partial charge in [-0.15, -0.1) is 0 Å². The fourth-order valence-corrected chi connectivity index (χ4v) is 2.85. The second-order valence-corrected chi connectivity index (χ2v) is 6.07. The van der Waals surface area contributed by atoms with Gasteiger partial charge in [0, 0.05) is 18.2 Å². The maximum Gasteiger partial charge on any atom is 0.225 e. The van der Waals surface area contributed by atoms with Crippen molar-refractivity contribution in [2.45, 2.75) is 39.5 Å². The molecule has 0 unspecified atom stereocenters. The number of carbonyl (C=O) groups excluding carboxylic acids is 1. The Balaban J connectivity index is 2.01. The van der Waals surface area contributed by atoms with Gasteiger partial charge < -0.3 is 5.32 Å². The molecule has 0 atom stereocenters. The van der Waals surface area contributed by atoms with Gasteiger partial charge in [-0.1, -0.05) is 56.2 Å². The van der Waals surface area contributed by atoms with E-state index in [4.69, 9.17) is 4.98 Å². The smallest absolute Gasteiger partial charge is 0.225 e. The molecule has 1 amide bonds. The maximum atomic E-state index is 12.3. The van der Waals surface area contributed by atoms with Gasteiger partial charge >= 0.3 is 0 Å². The quantitative estimate of drug-likeness (QED) is 0.661. The van der Waals surface area contributed by atoms with Crippen molar-refractivity contribution in [3.05, 3.63) is 54.2 Å². The fraction of sp³-hybridized carbons (Fsp3) is 0.300. The highest BCUT2D eigenvalue weighted by molar-refractivity contribution is 5.94. The first-order valence-electron chi connectivity index (χ1n) is 8.53. The number of rotatable bonds is 6. The lowest BCUT2D eigenvalue weighted by molar-refractivity contribution is -0.116. The first-order valence-corrected chi connectivity index (χ1v) is 8.53. The summed E-state index contributed by atoms with van der Waals surface area (Å²) in [6, 6.07) is 14.0. The van der Waals surface area contributed by atoms with E-state index < -0.39 is 0 Å². The second-order valence-electron chi connectivity index (χ2n) is 6.07. The van der Waals surface area contributed by atoms with E-state index in [0.717, 1.165) is 47.5 Å². The van der Waals surface area contributed by atoms with Crippen molar-refractivity contribution in [2.75, 3.05) is 5.32 Å². The Kier molecular flexibility index (Phi) is 4.94. The molecule has 1 aromatic carbocycles. The molecule has 3 aromatic rings. The molecule has 4 nitrogen and oxygen atoms in total. The molecule has 2 heterocycles. The van der Waals surface area contributed by atoms with Crippen LogP contribution in [0.15, 0.2) is 48.7 Å². The van der Waals surface area contributed by atoms with Crippen LogP contribution in [0.5, 0.6) is 0 Å². The average Bonchev–Trinajstić information content (AvgIpc) is 2.96. The Morgan fingerprint density at radius 1 is 1.12 bits per heavy atom. The van der Waals surface area contributed by atoms with Crippen LogP contribution in [0.1, 0.15) is 38.2 Å². The number of nitrogens with one attached hydrogen (secondary N) is 1. The third kappa shape index (κ3) is 3.32. The molecule has 4 heteroatoms. The van der Waals surface area contributed by atoms with Crippen LogP contribution < -0.4 is 5.32 Å². The largest absolute Gasteiger partial charge is 0.310 e. The number of aromatic nitrogens is 2. The lowest BCUT2D eigenvalue weighted by Crippen LogP contribution is -2.13. The molecule has 0 spiro atoms. The summed E-state index contributed by atoms with van der Waals surface area (Å²) in [5.41, 5.74) is 3.78. The molecule has 0 aliphatic carbocycles. The fourth-order valence-electron chi connectivity index (χ4n) is 2.85. The van der Waals surface area contributed by atoms with Crippen LogP contribution in [0, 0.1) is 6.92 Å². The van der Waals surface area contributed by atoms with E-state index >= 15 is 0 Å². The summed E-state index contributed by atoms with van der Waals surface area (Å²) in [4.78, 5) is 17.1. The monoisotopic (exact) mass is 321 g/mol. The molecule has 2 aromatic heterocycles. The van der Waals surface area contributed by atoms with Crippen LogP contribution >= 0.6 is 0 Å². The zero-order valence-corrected chi connectivity index (χ0v) is 14.2. The minimum atomic E-state index is 0.0453. The molecule has 0 aliphatic rings. The number of carbonyl (C=O) groups is 1. The van der Waals surface area contributed by atoms with E-state index in [1.54, 1.807) is 0 Å². The van der Waals surface area contributed by atoms with Crippen molar-refractivity contribution in [3.63, 3.8) is 0 Å². The van der Waals surface area contributed by atoms with Gasteiger partial charge in [0.25, 0.3) is 0 Å². The molecule has 24 heavy (non-hydrogen) atoms. The first-order chi connectivity index (χ1) is 11.7. The summed E-state index contributed by atoms with van der Waals surface area (Å²) in [5, 5.41) is 3.08. The summed E-state index contributed by atoms with van der Waals surface area (Å²) >= 11 is 0. The maximum absolute atomic E-state index is 12.3. The molecule has 0 aliphatic heterocycles. The van der Waals surface area contributed by atoms with Crippen molar-refractivity contribution < 1.29 is 4.79 Å². The number of hydrogen-bond acceptors (Lipinski definition) is 2. The summed E-state index contributed by atoms with van der Waals surface area (Å²) in [6.45, 7) is 4.17. The highest BCUT2D eigenvalue weighted by Gasteiger charge is 2.17. The van der Waals surface area contributed by atoms with E-state index in [1.165, 1.54) is 0 Å². The number of aryl methyl sites for hydroxylation is 1. The number of hydrogen-bond donors (Lipinski definition) is 1. The lowest BCUT2D eigenvalue weighted by atomic mass is 10.1. The normalized spacial score (nSPS) is 10.9. The zero-order valence-electron chi connectivity index (χ0n) is 14.2. The van der Waals surface area contributed by atoms with Gasteiger partial charge in [-0.25, -0.2) is 4.98 Å². The molecular weight excluding hydrogens is 298 g/mol. The first kappa shape index (κ1) is 16.2. The summed E-state index contributed by atoms with van der Waals surface area (Å²) in [5.74, 6) is 0.797. The zero-order chi connectivity index (χ0) is 16.9. The van der Waals surface area contributed by atoms with Gasteiger partial charge in [-0.2, -0.15) is 0 Å². The molecule has 3 rings (SSSR count). The van der Waals surface area contributed by atoms with E-state index in [-0.39, 0.29) is 5.91 Å². The van der Waals surface area contributed by atoms with E-state index in [9.17, 15) is 4.79 Å². The van der Waals surface area contributed by atoms with E-state index in [1.807, 2.05) is 60.0 Å². The number of nitrogens with zero attached hydrogens (tertiary/aromatic N) is 2. The van der Waals surface area contributed by atoms with Crippen LogP contribution in [-0.4, -0.2) is 15.3 Å². The number of benzene rings is 1.